The van der Waals surface area contributed by atoms with E-state index in [2.05, 4.69) is 17.1 Å². The van der Waals surface area contributed by atoms with Crippen LogP contribution in [0.5, 0.6) is 0 Å². The van der Waals surface area contributed by atoms with Crippen molar-refractivity contribution in [2.24, 2.45) is 15.8 Å². The first kappa shape index (κ1) is 21.2. The normalized spacial score (nSPS) is 25.2. The topological polar surface area (TPSA) is 57.1 Å². The van der Waals surface area contributed by atoms with Crippen LogP contribution in [-0.4, -0.2) is 62.0 Å². The van der Waals surface area contributed by atoms with Crippen LogP contribution in [0.1, 0.15) is 58.3 Å². The molecule has 2 aliphatic heterocycles. The third kappa shape index (κ3) is 5.22. The minimum Gasteiger partial charge on any atom is -0.396 e. The summed E-state index contributed by atoms with van der Waals surface area (Å²) >= 11 is 0. The van der Waals surface area contributed by atoms with Crippen molar-refractivity contribution in [3.05, 3.63) is 0 Å². The Morgan fingerprint density at radius 2 is 1.88 bits per heavy atom. The van der Waals surface area contributed by atoms with Crippen LogP contribution in [0.3, 0.4) is 0 Å². The second-order valence-corrected chi connectivity index (χ2v) is 8.13. The molecule has 0 radical (unpaired) electrons. The Morgan fingerprint density at radius 3 is 2.52 bits per heavy atom. The van der Waals surface area contributed by atoms with Gasteiger partial charge in [-0.05, 0) is 56.3 Å². The molecule has 5 nitrogen and oxygen atoms in total. The fraction of sp³-hybridized carbons (Fsp3) is 0.947. The summed E-state index contributed by atoms with van der Waals surface area (Å²) in [6.45, 7) is 8.28. The lowest BCUT2D eigenvalue weighted by Gasteiger charge is -2.34. The van der Waals surface area contributed by atoms with E-state index in [4.69, 9.17) is 9.73 Å². The average molecular weight is 465 g/mol. The summed E-state index contributed by atoms with van der Waals surface area (Å²) in [4.78, 5) is 7.50. The Balaban J connectivity index is 0.00000225. The Labute approximate surface area is 170 Å². The van der Waals surface area contributed by atoms with Crippen molar-refractivity contribution in [3.63, 3.8) is 0 Å². The number of aliphatic hydroxyl groups is 1. The van der Waals surface area contributed by atoms with Gasteiger partial charge >= 0.3 is 0 Å². The molecule has 2 saturated heterocycles. The van der Waals surface area contributed by atoms with Crippen molar-refractivity contribution in [3.8, 4) is 0 Å². The van der Waals surface area contributed by atoms with Crippen LogP contribution in [0.2, 0.25) is 0 Å². The quantitative estimate of drug-likeness (QED) is 0.373. The lowest BCUT2D eigenvalue weighted by molar-refractivity contribution is 0.0217. The maximum atomic E-state index is 9.45. The van der Waals surface area contributed by atoms with Gasteiger partial charge in [-0.3, -0.25) is 4.99 Å². The van der Waals surface area contributed by atoms with Crippen molar-refractivity contribution < 1.29 is 9.84 Å². The van der Waals surface area contributed by atoms with E-state index in [-0.39, 0.29) is 29.4 Å². The smallest absolute Gasteiger partial charge is 0.193 e. The average Bonchev–Trinajstić information content (AvgIpc) is 3.21. The van der Waals surface area contributed by atoms with Crippen LogP contribution in [-0.2, 0) is 4.74 Å². The molecule has 0 aromatic rings. The Hall–Kier alpha value is -0.0800. The number of ether oxygens (including phenoxy) is 1. The first-order chi connectivity index (χ1) is 11.7. The lowest BCUT2D eigenvalue weighted by atomic mass is 9.80. The van der Waals surface area contributed by atoms with Crippen molar-refractivity contribution >= 4 is 29.9 Å². The number of likely N-dealkylation sites (tertiary alicyclic amines) is 1. The highest BCUT2D eigenvalue weighted by atomic mass is 127. The number of guanidine groups is 1. The number of nitrogens with one attached hydrogen (secondary N) is 1. The molecule has 1 aliphatic carbocycles. The van der Waals surface area contributed by atoms with Gasteiger partial charge in [-0.2, -0.15) is 0 Å². The van der Waals surface area contributed by atoms with E-state index in [0.717, 1.165) is 51.8 Å². The summed E-state index contributed by atoms with van der Waals surface area (Å²) in [6.07, 6.45) is 9.57. The Bertz CT molecular complexity index is 432. The summed E-state index contributed by atoms with van der Waals surface area (Å²) < 4.78 is 5.57. The summed E-state index contributed by atoms with van der Waals surface area (Å²) in [7, 11) is 0. The van der Waals surface area contributed by atoms with Gasteiger partial charge in [0.15, 0.2) is 5.96 Å². The van der Waals surface area contributed by atoms with E-state index in [1.165, 1.54) is 44.9 Å². The van der Waals surface area contributed by atoms with Crippen LogP contribution in [0.4, 0.5) is 0 Å². The predicted molar refractivity (Wildman–Crippen MR) is 113 cm³/mol. The van der Waals surface area contributed by atoms with E-state index < -0.39 is 0 Å². The van der Waals surface area contributed by atoms with Gasteiger partial charge in [0.25, 0.3) is 0 Å². The summed E-state index contributed by atoms with van der Waals surface area (Å²) in [5.74, 6) is 1.09. The number of hydrogen-bond acceptors (Lipinski definition) is 3. The van der Waals surface area contributed by atoms with Crippen LogP contribution in [0.15, 0.2) is 4.99 Å². The fourth-order valence-corrected chi connectivity index (χ4v) is 4.85. The number of aliphatic hydroxyl groups excluding tert-OH is 1. The molecule has 1 saturated carbocycles. The number of halogens is 1. The predicted octanol–water partition coefficient (Wildman–Crippen LogP) is 3.02. The minimum atomic E-state index is 0. The zero-order valence-electron chi connectivity index (χ0n) is 15.8. The van der Waals surface area contributed by atoms with E-state index in [1.54, 1.807) is 0 Å². The standard InChI is InChI=1S/C19H35N3O2.HI/c1-2-20-17(21-15-18(8-12-23)5-3-4-6-18)22-11-7-19(16-22)9-13-24-14-10-19;/h23H,2-16H2,1H3,(H,20,21);1H. The SMILES string of the molecule is CCNC(=NCC1(CCO)CCCC1)N1CCC2(CCOCC2)C1.I. The number of aliphatic imine (C=N–C) groups is 1. The number of nitrogens with zero attached hydrogens (tertiary/aromatic N) is 2. The van der Waals surface area contributed by atoms with E-state index in [0.29, 0.717) is 12.0 Å². The molecule has 1 spiro atoms. The van der Waals surface area contributed by atoms with Gasteiger partial charge in [-0.25, -0.2) is 0 Å². The molecule has 3 fully saturated rings. The summed E-state index contributed by atoms with van der Waals surface area (Å²) in [5.41, 5.74) is 0.691. The highest BCUT2D eigenvalue weighted by Gasteiger charge is 2.40. The Morgan fingerprint density at radius 1 is 1.16 bits per heavy atom. The van der Waals surface area contributed by atoms with Crippen LogP contribution < -0.4 is 5.32 Å². The zero-order valence-corrected chi connectivity index (χ0v) is 18.1. The van der Waals surface area contributed by atoms with Crippen molar-refractivity contribution in [1.29, 1.82) is 0 Å². The molecule has 0 aromatic carbocycles. The molecule has 0 atom stereocenters. The first-order valence-corrected chi connectivity index (χ1v) is 9.93. The highest BCUT2D eigenvalue weighted by molar-refractivity contribution is 14.0. The van der Waals surface area contributed by atoms with Gasteiger partial charge in [-0.15, -0.1) is 24.0 Å². The molecule has 6 heteroatoms. The molecule has 3 aliphatic rings. The zero-order chi connectivity index (χ0) is 16.9. The van der Waals surface area contributed by atoms with Crippen LogP contribution in [0.25, 0.3) is 0 Å². The molecule has 0 unspecified atom stereocenters. The van der Waals surface area contributed by atoms with Gasteiger partial charge in [0.2, 0.25) is 0 Å². The van der Waals surface area contributed by atoms with Gasteiger partial charge in [0.05, 0.1) is 0 Å². The molecular formula is C19H36IN3O2. The first-order valence-electron chi connectivity index (χ1n) is 9.93. The Kier molecular flexibility index (Phi) is 8.27. The molecule has 3 rings (SSSR count). The summed E-state index contributed by atoms with van der Waals surface area (Å²) in [5, 5.41) is 13.0. The fourth-order valence-electron chi connectivity index (χ4n) is 4.85. The van der Waals surface area contributed by atoms with Gasteiger partial charge in [0, 0.05) is 46.0 Å². The molecule has 146 valence electrons. The molecule has 0 bridgehead atoms. The van der Waals surface area contributed by atoms with Gasteiger partial charge in [-0.1, -0.05) is 12.8 Å². The second kappa shape index (κ2) is 9.74. The number of hydrogen-bond donors (Lipinski definition) is 2. The number of rotatable bonds is 5. The molecule has 0 aromatic heterocycles. The lowest BCUT2D eigenvalue weighted by Crippen LogP contribution is -2.43. The van der Waals surface area contributed by atoms with Gasteiger partial charge < -0.3 is 20.1 Å². The third-order valence-electron chi connectivity index (χ3n) is 6.50. The van der Waals surface area contributed by atoms with Crippen LogP contribution >= 0.6 is 24.0 Å². The largest absolute Gasteiger partial charge is 0.396 e. The molecule has 2 heterocycles. The second-order valence-electron chi connectivity index (χ2n) is 8.13. The van der Waals surface area contributed by atoms with E-state index >= 15 is 0 Å². The molecule has 25 heavy (non-hydrogen) atoms. The molecule has 2 N–H and O–H groups in total. The van der Waals surface area contributed by atoms with Crippen LogP contribution in [0, 0.1) is 10.8 Å². The van der Waals surface area contributed by atoms with Crippen molar-refractivity contribution in [2.45, 2.75) is 58.3 Å². The molecule has 0 amide bonds. The minimum absolute atomic E-state index is 0. The third-order valence-corrected chi connectivity index (χ3v) is 6.50. The highest BCUT2D eigenvalue weighted by Crippen LogP contribution is 2.42. The van der Waals surface area contributed by atoms with Crippen molar-refractivity contribution in [2.75, 3.05) is 46.0 Å². The molecular weight excluding hydrogens is 429 g/mol. The van der Waals surface area contributed by atoms with E-state index in [1.807, 2.05) is 0 Å². The maximum absolute atomic E-state index is 9.45. The summed E-state index contributed by atoms with van der Waals surface area (Å²) in [6, 6.07) is 0. The van der Waals surface area contributed by atoms with E-state index in [9.17, 15) is 5.11 Å². The maximum Gasteiger partial charge on any atom is 0.193 e. The monoisotopic (exact) mass is 465 g/mol. The van der Waals surface area contributed by atoms with Gasteiger partial charge in [0.1, 0.15) is 0 Å². The van der Waals surface area contributed by atoms with Crippen molar-refractivity contribution in [1.82, 2.24) is 10.2 Å².